The van der Waals surface area contributed by atoms with E-state index in [1.807, 2.05) is 12.1 Å². The van der Waals surface area contributed by atoms with Crippen molar-refractivity contribution < 1.29 is 9.13 Å². The number of hydrogen-bond donors (Lipinski definition) is 0. The highest BCUT2D eigenvalue weighted by molar-refractivity contribution is 7.97. The van der Waals surface area contributed by atoms with Gasteiger partial charge in [-0.1, -0.05) is 42.8 Å². The van der Waals surface area contributed by atoms with E-state index in [-0.39, 0.29) is 22.3 Å². The highest BCUT2D eigenvalue weighted by atomic mass is 32.2. The molecule has 0 aliphatic heterocycles. The van der Waals surface area contributed by atoms with Gasteiger partial charge in [0.15, 0.2) is 26.3 Å². The first-order chi connectivity index (χ1) is 16.2. The fourth-order valence-corrected chi connectivity index (χ4v) is 8.94. The van der Waals surface area contributed by atoms with Gasteiger partial charge in [-0.25, -0.2) is 4.39 Å². The summed E-state index contributed by atoms with van der Waals surface area (Å²) in [6.45, 7) is 0. The molecule has 0 saturated heterocycles. The van der Waals surface area contributed by atoms with Crippen molar-refractivity contribution in [3.63, 3.8) is 0 Å². The predicted molar refractivity (Wildman–Crippen MR) is 132 cm³/mol. The Bertz CT molecular complexity index is 1050. The van der Waals surface area contributed by atoms with Crippen LogP contribution in [0.2, 0.25) is 0 Å². The van der Waals surface area contributed by atoms with Crippen LogP contribution in [-0.2, 0) is 10.9 Å². The van der Waals surface area contributed by atoms with Crippen molar-refractivity contribution in [2.24, 2.45) is 17.8 Å². The second kappa shape index (κ2) is 8.83. The summed E-state index contributed by atoms with van der Waals surface area (Å²) < 4.78 is 22.0. The molecule has 3 aromatic carbocycles. The number of hydrogen-bond acceptors (Lipinski definition) is 1. The van der Waals surface area contributed by atoms with E-state index in [2.05, 4.69) is 60.7 Å². The van der Waals surface area contributed by atoms with Crippen molar-refractivity contribution in [3.05, 3.63) is 84.7 Å². The van der Waals surface area contributed by atoms with Crippen LogP contribution < -0.4 is 4.74 Å². The van der Waals surface area contributed by atoms with Gasteiger partial charge >= 0.3 is 0 Å². The normalized spacial score (nSPS) is 25.6. The summed E-state index contributed by atoms with van der Waals surface area (Å²) in [5.74, 6) is 2.49. The molecule has 3 fully saturated rings. The number of fused-ring (bicyclic) bond motifs is 2. The van der Waals surface area contributed by atoms with Gasteiger partial charge in [0.05, 0.1) is 10.9 Å². The van der Waals surface area contributed by atoms with Crippen LogP contribution in [0.4, 0.5) is 4.39 Å². The summed E-state index contributed by atoms with van der Waals surface area (Å²) in [6.07, 6.45) is 9.93. The third-order valence-electron chi connectivity index (χ3n) is 8.27. The first kappa shape index (κ1) is 21.3. The van der Waals surface area contributed by atoms with Gasteiger partial charge in [0.25, 0.3) is 0 Å². The molecule has 0 amide bonds. The lowest BCUT2D eigenvalue weighted by Gasteiger charge is -2.40. The topological polar surface area (TPSA) is 9.23 Å². The van der Waals surface area contributed by atoms with Crippen molar-refractivity contribution in [2.45, 2.75) is 71.7 Å². The monoisotopic (exact) mass is 459 g/mol. The van der Waals surface area contributed by atoms with E-state index in [4.69, 9.17) is 4.74 Å². The third kappa shape index (κ3) is 3.99. The van der Waals surface area contributed by atoms with Crippen molar-refractivity contribution >= 4 is 10.9 Å². The van der Waals surface area contributed by atoms with E-state index in [0.29, 0.717) is 11.7 Å². The lowest BCUT2D eigenvalue weighted by Crippen LogP contribution is -2.44. The van der Waals surface area contributed by atoms with Crippen molar-refractivity contribution in [2.75, 3.05) is 0 Å². The summed E-state index contributed by atoms with van der Waals surface area (Å²) in [7, 11) is -0.300. The first-order valence-electron chi connectivity index (χ1n) is 12.5. The minimum Gasteiger partial charge on any atom is -0.484 e. The number of rotatable bonds is 6. The summed E-state index contributed by atoms with van der Waals surface area (Å²) in [4.78, 5) is 3.60. The van der Waals surface area contributed by atoms with Gasteiger partial charge in [-0.3, -0.25) is 0 Å². The van der Waals surface area contributed by atoms with Crippen LogP contribution in [0.3, 0.4) is 0 Å². The maximum atomic E-state index is 15.2. The minimum absolute atomic E-state index is 0.169. The van der Waals surface area contributed by atoms with Crippen LogP contribution in [0.15, 0.2) is 93.5 Å². The maximum Gasteiger partial charge on any atom is 0.170 e. The van der Waals surface area contributed by atoms with Crippen LogP contribution in [0.25, 0.3) is 0 Å². The molecular weight excluding hydrogens is 427 g/mol. The summed E-state index contributed by atoms with van der Waals surface area (Å²) in [6, 6.07) is 26.7. The lowest BCUT2D eigenvalue weighted by atomic mass is 9.75. The largest absolute Gasteiger partial charge is 0.484 e. The van der Waals surface area contributed by atoms with Gasteiger partial charge in [0.2, 0.25) is 0 Å². The molecule has 0 N–H and O–H groups in total. The zero-order chi connectivity index (χ0) is 22.3. The van der Waals surface area contributed by atoms with Gasteiger partial charge in [0, 0.05) is 12.0 Å². The molecule has 6 rings (SSSR count). The molecule has 3 unspecified atom stereocenters. The average Bonchev–Trinajstić information content (AvgIpc) is 3.61. The van der Waals surface area contributed by atoms with Crippen LogP contribution in [0, 0.1) is 23.6 Å². The van der Waals surface area contributed by atoms with Gasteiger partial charge in [-0.2, -0.15) is 0 Å². The predicted octanol–water partition coefficient (Wildman–Crippen LogP) is 8.05. The minimum atomic E-state index is -0.300. The van der Waals surface area contributed by atoms with Crippen LogP contribution in [0.1, 0.15) is 51.4 Å². The Balaban J connectivity index is 1.37. The highest BCUT2D eigenvalue weighted by Crippen LogP contribution is 2.57. The molecule has 3 heteroatoms. The molecule has 3 aliphatic carbocycles. The number of halogens is 1. The standard InChI is InChI=1S/C30H32FOS/c31-28-16-15-26(33(24-9-3-1-4-10-24)25-11-5-2-6-12-25)21-29(28)32-30(17-7-8-18-30)27-20-22-13-14-23(27)19-22/h1-6,9-12,15-16,21-23,27H,7-8,13-14,17-20H2/q+1. The molecule has 3 aliphatic rings. The third-order valence-corrected chi connectivity index (χ3v) is 10.5. The molecule has 3 aromatic rings. The molecule has 2 bridgehead atoms. The average molecular weight is 460 g/mol. The summed E-state index contributed by atoms with van der Waals surface area (Å²) in [5.41, 5.74) is -0.169. The Kier molecular flexibility index (Phi) is 5.70. The van der Waals surface area contributed by atoms with Crippen LogP contribution in [0.5, 0.6) is 5.75 Å². The fraction of sp³-hybridized carbons (Fsp3) is 0.400. The smallest absolute Gasteiger partial charge is 0.170 e. The summed E-state index contributed by atoms with van der Waals surface area (Å²) >= 11 is 0. The Labute approximate surface area is 199 Å². The maximum absolute atomic E-state index is 15.2. The molecule has 0 radical (unpaired) electrons. The van der Waals surface area contributed by atoms with E-state index in [0.717, 1.165) is 29.6 Å². The fourth-order valence-electron chi connectivity index (χ4n) is 6.84. The van der Waals surface area contributed by atoms with Crippen LogP contribution in [-0.4, -0.2) is 5.60 Å². The zero-order valence-electron chi connectivity index (χ0n) is 19.1. The Morgan fingerprint density at radius 1 is 0.758 bits per heavy atom. The number of benzene rings is 3. The lowest BCUT2D eigenvalue weighted by molar-refractivity contribution is -0.0137. The molecule has 1 nitrogen and oxygen atoms in total. The molecule has 0 heterocycles. The van der Waals surface area contributed by atoms with Crippen molar-refractivity contribution in [1.82, 2.24) is 0 Å². The molecule has 3 saturated carbocycles. The Hall–Kier alpha value is -2.26. The molecule has 170 valence electrons. The van der Waals surface area contributed by atoms with Gasteiger partial charge < -0.3 is 4.74 Å². The molecule has 0 aromatic heterocycles. The quantitative estimate of drug-likeness (QED) is 0.339. The van der Waals surface area contributed by atoms with Crippen molar-refractivity contribution in [1.29, 1.82) is 0 Å². The zero-order valence-corrected chi connectivity index (χ0v) is 19.9. The van der Waals surface area contributed by atoms with Crippen molar-refractivity contribution in [3.8, 4) is 5.75 Å². The highest BCUT2D eigenvalue weighted by Gasteiger charge is 2.53. The van der Waals surface area contributed by atoms with Gasteiger partial charge in [-0.05, 0) is 93.2 Å². The van der Waals surface area contributed by atoms with E-state index < -0.39 is 0 Å². The van der Waals surface area contributed by atoms with Crippen LogP contribution >= 0.6 is 0 Å². The molecular formula is C30H32FOS+. The van der Waals surface area contributed by atoms with E-state index in [1.165, 1.54) is 48.3 Å². The molecule has 0 spiro atoms. The van der Waals surface area contributed by atoms with Gasteiger partial charge in [-0.15, -0.1) is 0 Å². The van der Waals surface area contributed by atoms with E-state index >= 15 is 4.39 Å². The second-order valence-corrected chi connectivity index (χ2v) is 12.2. The number of ether oxygens (including phenoxy) is 1. The van der Waals surface area contributed by atoms with E-state index in [9.17, 15) is 0 Å². The molecule has 33 heavy (non-hydrogen) atoms. The Morgan fingerprint density at radius 2 is 1.42 bits per heavy atom. The second-order valence-electron chi connectivity index (χ2n) is 10.2. The van der Waals surface area contributed by atoms with Gasteiger partial charge in [0.1, 0.15) is 5.60 Å². The van der Waals surface area contributed by atoms with E-state index in [1.54, 1.807) is 6.07 Å². The molecule has 3 atom stereocenters. The Morgan fingerprint density at radius 3 is 2.00 bits per heavy atom. The SMILES string of the molecule is Fc1ccc([S+](c2ccccc2)c2ccccc2)cc1OC1(C2CC3CCC2C3)CCCC1. The summed E-state index contributed by atoms with van der Waals surface area (Å²) in [5, 5.41) is 0. The first-order valence-corrected chi connectivity index (χ1v) is 13.8.